The Balaban J connectivity index is 1.98. The normalized spacial score (nSPS) is 13.0. The van der Waals surface area contributed by atoms with Gasteiger partial charge in [0.05, 0.1) is 31.8 Å². The van der Waals surface area contributed by atoms with Gasteiger partial charge in [0.25, 0.3) is 0 Å². The fourth-order valence-corrected chi connectivity index (χ4v) is 3.06. The first kappa shape index (κ1) is 16.2. The van der Waals surface area contributed by atoms with Crippen molar-refractivity contribution in [3.05, 3.63) is 58.7 Å². The molecule has 124 valence electrons. The number of carbonyl (C=O) groups excluding carboxylic acids is 2. The van der Waals surface area contributed by atoms with Gasteiger partial charge in [0.15, 0.2) is 11.6 Å². The zero-order valence-corrected chi connectivity index (χ0v) is 14.0. The van der Waals surface area contributed by atoms with E-state index in [1.165, 1.54) is 4.90 Å². The van der Waals surface area contributed by atoms with E-state index in [2.05, 4.69) is 19.4 Å². The van der Waals surface area contributed by atoms with Gasteiger partial charge in [-0.3, -0.25) is 9.59 Å². The van der Waals surface area contributed by atoms with Crippen molar-refractivity contribution in [1.29, 1.82) is 0 Å². The number of benzene rings is 2. The molecule has 1 aliphatic rings. The molecular weight excluding hydrogens is 302 g/mol. The van der Waals surface area contributed by atoms with Crippen molar-refractivity contribution < 1.29 is 14.5 Å². The van der Waals surface area contributed by atoms with Crippen LogP contribution in [0.4, 0.5) is 11.4 Å². The molecule has 0 saturated heterocycles. The third kappa shape index (κ3) is 2.78. The van der Waals surface area contributed by atoms with Gasteiger partial charge in [-0.15, -0.1) is 0 Å². The molecule has 0 bridgehead atoms. The smallest absolute Gasteiger partial charge is 0.196 e. The van der Waals surface area contributed by atoms with Gasteiger partial charge in [0, 0.05) is 35.5 Å². The second-order valence-corrected chi connectivity index (χ2v) is 6.39. The molecule has 0 aromatic heterocycles. The van der Waals surface area contributed by atoms with Gasteiger partial charge >= 0.3 is 0 Å². The molecule has 1 aliphatic carbocycles. The van der Waals surface area contributed by atoms with Crippen LogP contribution < -0.4 is 16.0 Å². The number of anilines is 2. The van der Waals surface area contributed by atoms with E-state index in [0.29, 0.717) is 33.6 Å². The minimum atomic E-state index is -0.181. The molecule has 24 heavy (non-hydrogen) atoms. The molecule has 0 heterocycles. The number of carbonyl (C=O) groups is 2. The lowest BCUT2D eigenvalue weighted by molar-refractivity contribution is -0.858. The summed E-state index contributed by atoms with van der Waals surface area (Å²) in [6, 6.07) is 10.4. The van der Waals surface area contributed by atoms with Crippen LogP contribution in [0.25, 0.3) is 0 Å². The fraction of sp³-hybridized carbons (Fsp3) is 0.263. The Morgan fingerprint density at radius 2 is 1.58 bits per heavy atom. The summed E-state index contributed by atoms with van der Waals surface area (Å²) in [5.41, 5.74) is 8.63. The molecule has 0 spiro atoms. The molecule has 0 radical (unpaired) electrons. The van der Waals surface area contributed by atoms with E-state index < -0.39 is 0 Å². The van der Waals surface area contributed by atoms with Crippen LogP contribution in [0.1, 0.15) is 38.3 Å². The largest absolute Gasteiger partial charge is 0.398 e. The van der Waals surface area contributed by atoms with Gasteiger partial charge in [-0.25, -0.2) is 0 Å². The van der Waals surface area contributed by atoms with Crippen molar-refractivity contribution in [2.75, 3.05) is 38.2 Å². The van der Waals surface area contributed by atoms with Gasteiger partial charge in [0.1, 0.15) is 0 Å². The molecule has 0 amide bonds. The lowest BCUT2D eigenvalue weighted by Gasteiger charge is -2.22. The minimum Gasteiger partial charge on any atom is -0.398 e. The number of ketones is 2. The number of rotatable bonds is 5. The van der Waals surface area contributed by atoms with Gasteiger partial charge in [0.2, 0.25) is 0 Å². The Bertz CT molecular complexity index is 812. The van der Waals surface area contributed by atoms with Crippen LogP contribution in [-0.2, 0) is 0 Å². The highest BCUT2D eigenvalue weighted by molar-refractivity contribution is 6.31. The Hall–Kier alpha value is -2.66. The second kappa shape index (κ2) is 6.45. The van der Waals surface area contributed by atoms with Crippen LogP contribution in [0.15, 0.2) is 36.4 Å². The van der Waals surface area contributed by atoms with Crippen molar-refractivity contribution in [3.8, 4) is 0 Å². The average molecular weight is 324 g/mol. The summed E-state index contributed by atoms with van der Waals surface area (Å²) in [5, 5.41) is 3.30. The molecule has 5 nitrogen and oxygen atoms in total. The maximum Gasteiger partial charge on any atom is 0.196 e. The molecule has 4 N–H and O–H groups in total. The number of nitrogen functional groups attached to an aromatic ring is 1. The van der Waals surface area contributed by atoms with Gasteiger partial charge in [-0.2, -0.15) is 0 Å². The van der Waals surface area contributed by atoms with Gasteiger partial charge in [-0.1, -0.05) is 24.3 Å². The first-order valence-electron chi connectivity index (χ1n) is 8.14. The highest BCUT2D eigenvalue weighted by atomic mass is 16.1. The molecule has 0 saturated carbocycles. The third-order valence-electron chi connectivity index (χ3n) is 4.28. The van der Waals surface area contributed by atoms with Gasteiger partial charge < -0.3 is 16.0 Å². The SMILES string of the molecule is C[NH+](C)CCCNc1ccc(N)c2c1C(=O)c1ccccc1C2=O. The Kier molecular flexibility index (Phi) is 4.36. The maximum atomic E-state index is 12.9. The first-order chi connectivity index (χ1) is 11.5. The second-order valence-electron chi connectivity index (χ2n) is 6.39. The summed E-state index contributed by atoms with van der Waals surface area (Å²) in [6.07, 6.45) is 0.972. The van der Waals surface area contributed by atoms with Crippen molar-refractivity contribution in [1.82, 2.24) is 0 Å². The number of quaternary nitrogens is 1. The summed E-state index contributed by atoms with van der Waals surface area (Å²) < 4.78 is 0. The summed E-state index contributed by atoms with van der Waals surface area (Å²) in [6.45, 7) is 1.77. The summed E-state index contributed by atoms with van der Waals surface area (Å²) in [4.78, 5) is 27.1. The maximum absolute atomic E-state index is 12.9. The molecule has 0 fully saturated rings. The predicted molar refractivity (Wildman–Crippen MR) is 94.9 cm³/mol. The zero-order valence-electron chi connectivity index (χ0n) is 14.0. The number of fused-ring (bicyclic) bond motifs is 2. The van der Waals surface area contributed by atoms with E-state index in [4.69, 9.17) is 5.73 Å². The molecule has 2 aromatic rings. The van der Waals surface area contributed by atoms with Crippen molar-refractivity contribution in [2.45, 2.75) is 6.42 Å². The van der Waals surface area contributed by atoms with E-state index in [-0.39, 0.29) is 11.6 Å². The van der Waals surface area contributed by atoms with Crippen LogP contribution in [0, 0.1) is 0 Å². The fourth-order valence-electron chi connectivity index (χ4n) is 3.06. The van der Waals surface area contributed by atoms with Crippen LogP contribution >= 0.6 is 0 Å². The first-order valence-corrected chi connectivity index (χ1v) is 8.14. The van der Waals surface area contributed by atoms with Crippen LogP contribution in [-0.4, -0.2) is 38.8 Å². The molecule has 3 rings (SSSR count). The van der Waals surface area contributed by atoms with Crippen LogP contribution in [0.2, 0.25) is 0 Å². The van der Waals surface area contributed by atoms with Crippen molar-refractivity contribution in [2.24, 2.45) is 0 Å². The van der Waals surface area contributed by atoms with Crippen molar-refractivity contribution in [3.63, 3.8) is 0 Å². The summed E-state index contributed by atoms with van der Waals surface area (Å²) >= 11 is 0. The summed E-state index contributed by atoms with van der Waals surface area (Å²) in [7, 11) is 4.20. The molecule has 2 aromatic carbocycles. The summed E-state index contributed by atoms with van der Waals surface area (Å²) in [5.74, 6) is -0.327. The van der Waals surface area contributed by atoms with Crippen LogP contribution in [0.3, 0.4) is 0 Å². The average Bonchev–Trinajstić information content (AvgIpc) is 2.57. The van der Waals surface area contributed by atoms with E-state index >= 15 is 0 Å². The highest BCUT2D eigenvalue weighted by Gasteiger charge is 2.33. The topological polar surface area (TPSA) is 76.6 Å². The van der Waals surface area contributed by atoms with Crippen molar-refractivity contribution >= 4 is 22.9 Å². The van der Waals surface area contributed by atoms with E-state index in [1.54, 1.807) is 36.4 Å². The monoisotopic (exact) mass is 324 g/mol. The predicted octanol–water partition coefficient (Wildman–Crippen LogP) is 0.991. The highest BCUT2D eigenvalue weighted by Crippen LogP contribution is 2.35. The molecular formula is C19H22N3O2+. The molecule has 0 unspecified atom stereocenters. The Morgan fingerprint density at radius 3 is 2.21 bits per heavy atom. The van der Waals surface area contributed by atoms with E-state index in [9.17, 15) is 9.59 Å². The van der Waals surface area contributed by atoms with E-state index in [1.807, 2.05) is 0 Å². The lowest BCUT2D eigenvalue weighted by Crippen LogP contribution is -3.05. The quantitative estimate of drug-likeness (QED) is 0.483. The van der Waals surface area contributed by atoms with Crippen LogP contribution in [0.5, 0.6) is 0 Å². The Morgan fingerprint density at radius 1 is 0.958 bits per heavy atom. The molecule has 0 aliphatic heterocycles. The zero-order chi connectivity index (χ0) is 17.3. The minimum absolute atomic E-state index is 0.145. The third-order valence-corrected chi connectivity index (χ3v) is 4.28. The number of hydrogen-bond donors (Lipinski definition) is 3. The van der Waals surface area contributed by atoms with Gasteiger partial charge in [-0.05, 0) is 12.1 Å². The standard InChI is InChI=1S/C19H21N3O2/c1-22(2)11-5-10-21-15-9-8-14(20)16-17(15)19(24)13-7-4-3-6-12(13)18(16)23/h3-4,6-9,21H,5,10-11,20H2,1-2H3/p+1. The number of hydrogen-bond acceptors (Lipinski definition) is 4. The number of nitrogens with one attached hydrogen (secondary N) is 2. The number of nitrogens with two attached hydrogens (primary N) is 1. The lowest BCUT2D eigenvalue weighted by atomic mass is 9.82. The van der Waals surface area contributed by atoms with E-state index in [0.717, 1.165) is 19.5 Å². The molecule has 0 atom stereocenters. The Labute approximate surface area is 141 Å². The molecule has 5 heteroatoms.